The van der Waals surface area contributed by atoms with Gasteiger partial charge in [-0.05, 0) is 38.0 Å². The quantitative estimate of drug-likeness (QED) is 0.875. The lowest BCUT2D eigenvalue weighted by Gasteiger charge is -2.33. The maximum absolute atomic E-state index is 4.17. The van der Waals surface area contributed by atoms with Crippen molar-refractivity contribution in [2.45, 2.75) is 52.1 Å². The van der Waals surface area contributed by atoms with Gasteiger partial charge in [-0.1, -0.05) is 13.8 Å². The summed E-state index contributed by atoms with van der Waals surface area (Å²) in [6.45, 7) is 6.89. The average molecular weight is 236 g/mol. The first kappa shape index (κ1) is 12.6. The second-order valence-corrected chi connectivity index (χ2v) is 5.80. The first-order valence-electron chi connectivity index (χ1n) is 6.66. The molecule has 0 aromatic carbocycles. The lowest BCUT2D eigenvalue weighted by atomic mass is 9.80. The van der Waals surface area contributed by atoms with Crippen LogP contribution >= 0.6 is 0 Å². The molecular weight excluding hydrogens is 212 g/mol. The molecule has 96 valence electrons. The largest absolute Gasteiger partial charge is 0.319 e. The second-order valence-electron chi connectivity index (χ2n) is 5.80. The van der Waals surface area contributed by atoms with Crippen LogP contribution in [0.25, 0.3) is 0 Å². The standard InChI is InChI=1S/C13H24N4/c1-9-5-10(2)7-12(6-9)15-11(3)13-16-14-8-17(13)4/h8-12,15H,5-7H2,1-4H3. The van der Waals surface area contributed by atoms with Crippen LogP contribution in [0, 0.1) is 11.8 Å². The van der Waals surface area contributed by atoms with Gasteiger partial charge in [-0.15, -0.1) is 10.2 Å². The zero-order valence-corrected chi connectivity index (χ0v) is 11.3. The average Bonchev–Trinajstić information content (AvgIpc) is 2.62. The number of hydrogen-bond donors (Lipinski definition) is 1. The number of aryl methyl sites for hydroxylation is 1. The minimum atomic E-state index is 0.282. The molecule has 1 heterocycles. The van der Waals surface area contributed by atoms with Crippen LogP contribution < -0.4 is 5.32 Å². The third-order valence-electron chi connectivity index (χ3n) is 3.80. The van der Waals surface area contributed by atoms with Crippen LogP contribution in [0.5, 0.6) is 0 Å². The van der Waals surface area contributed by atoms with E-state index < -0.39 is 0 Å². The molecule has 4 nitrogen and oxygen atoms in total. The third-order valence-corrected chi connectivity index (χ3v) is 3.80. The van der Waals surface area contributed by atoms with Gasteiger partial charge in [-0.25, -0.2) is 0 Å². The molecule has 1 saturated carbocycles. The van der Waals surface area contributed by atoms with E-state index >= 15 is 0 Å². The summed E-state index contributed by atoms with van der Waals surface area (Å²) in [6.07, 6.45) is 5.70. The zero-order valence-electron chi connectivity index (χ0n) is 11.3. The third kappa shape index (κ3) is 3.06. The molecule has 1 N–H and O–H groups in total. The van der Waals surface area contributed by atoms with Crippen molar-refractivity contribution in [1.29, 1.82) is 0 Å². The number of nitrogens with zero attached hydrogens (tertiary/aromatic N) is 3. The topological polar surface area (TPSA) is 42.7 Å². The van der Waals surface area contributed by atoms with Crippen molar-refractivity contribution in [1.82, 2.24) is 20.1 Å². The predicted octanol–water partition coefficient (Wildman–Crippen LogP) is 2.29. The van der Waals surface area contributed by atoms with Crippen LogP contribution in [0.15, 0.2) is 6.33 Å². The molecule has 3 unspecified atom stereocenters. The number of rotatable bonds is 3. The van der Waals surface area contributed by atoms with Gasteiger partial charge in [0.15, 0.2) is 0 Å². The summed E-state index contributed by atoms with van der Waals surface area (Å²) in [7, 11) is 2.00. The van der Waals surface area contributed by atoms with Crippen molar-refractivity contribution in [2.75, 3.05) is 0 Å². The molecule has 0 saturated heterocycles. The summed E-state index contributed by atoms with van der Waals surface area (Å²) in [6, 6.07) is 0.908. The van der Waals surface area contributed by atoms with Crippen molar-refractivity contribution in [2.24, 2.45) is 18.9 Å². The van der Waals surface area contributed by atoms with Crippen LogP contribution in [0.2, 0.25) is 0 Å². The molecule has 3 atom stereocenters. The second kappa shape index (κ2) is 5.17. The summed E-state index contributed by atoms with van der Waals surface area (Å²) >= 11 is 0. The Morgan fingerprint density at radius 1 is 1.29 bits per heavy atom. The molecule has 1 fully saturated rings. The summed E-state index contributed by atoms with van der Waals surface area (Å²) < 4.78 is 1.99. The van der Waals surface area contributed by atoms with Crippen LogP contribution in [0.1, 0.15) is 51.9 Å². The SMILES string of the molecule is CC1CC(C)CC(NC(C)c2nncn2C)C1. The van der Waals surface area contributed by atoms with Gasteiger partial charge >= 0.3 is 0 Å². The van der Waals surface area contributed by atoms with Gasteiger partial charge in [0.25, 0.3) is 0 Å². The lowest BCUT2D eigenvalue weighted by molar-refractivity contribution is 0.226. The molecule has 0 amide bonds. The Morgan fingerprint density at radius 2 is 1.94 bits per heavy atom. The number of nitrogens with one attached hydrogen (secondary N) is 1. The van der Waals surface area contributed by atoms with Crippen molar-refractivity contribution in [3.05, 3.63) is 12.2 Å². The van der Waals surface area contributed by atoms with Gasteiger partial charge in [0.2, 0.25) is 0 Å². The Balaban J connectivity index is 1.94. The fourth-order valence-electron chi connectivity index (χ4n) is 3.20. The summed E-state index contributed by atoms with van der Waals surface area (Å²) in [5, 5.41) is 11.8. The van der Waals surface area contributed by atoms with E-state index in [1.807, 2.05) is 11.6 Å². The van der Waals surface area contributed by atoms with E-state index in [2.05, 4.69) is 36.3 Å². The maximum Gasteiger partial charge on any atom is 0.149 e. The first-order chi connectivity index (χ1) is 8.06. The van der Waals surface area contributed by atoms with Crippen LogP contribution in [0.4, 0.5) is 0 Å². The molecular formula is C13H24N4. The van der Waals surface area contributed by atoms with E-state index in [4.69, 9.17) is 0 Å². The molecule has 1 aliphatic carbocycles. The Bertz CT molecular complexity index is 350. The highest BCUT2D eigenvalue weighted by Gasteiger charge is 2.25. The fraction of sp³-hybridized carbons (Fsp3) is 0.846. The van der Waals surface area contributed by atoms with E-state index in [1.54, 1.807) is 6.33 Å². The Kier molecular flexibility index (Phi) is 3.82. The van der Waals surface area contributed by atoms with Gasteiger partial charge in [-0.3, -0.25) is 0 Å². The van der Waals surface area contributed by atoms with E-state index in [0.717, 1.165) is 17.7 Å². The van der Waals surface area contributed by atoms with Gasteiger partial charge in [0.05, 0.1) is 6.04 Å². The summed E-state index contributed by atoms with van der Waals surface area (Å²) in [4.78, 5) is 0. The molecule has 1 aromatic rings. The van der Waals surface area contributed by atoms with Crippen LogP contribution in [0.3, 0.4) is 0 Å². The van der Waals surface area contributed by atoms with Crippen LogP contribution in [-0.4, -0.2) is 20.8 Å². The van der Waals surface area contributed by atoms with Crippen molar-refractivity contribution < 1.29 is 0 Å². The summed E-state index contributed by atoms with van der Waals surface area (Å²) in [5.41, 5.74) is 0. The summed E-state index contributed by atoms with van der Waals surface area (Å²) in [5.74, 6) is 2.70. The van der Waals surface area contributed by atoms with Gasteiger partial charge in [0, 0.05) is 13.1 Å². The monoisotopic (exact) mass is 236 g/mol. The van der Waals surface area contributed by atoms with Gasteiger partial charge in [0.1, 0.15) is 12.2 Å². The first-order valence-corrected chi connectivity index (χ1v) is 6.66. The van der Waals surface area contributed by atoms with Crippen molar-refractivity contribution >= 4 is 0 Å². The smallest absolute Gasteiger partial charge is 0.149 e. The van der Waals surface area contributed by atoms with E-state index in [-0.39, 0.29) is 6.04 Å². The van der Waals surface area contributed by atoms with Gasteiger partial charge in [-0.2, -0.15) is 0 Å². The molecule has 1 aromatic heterocycles. The number of aromatic nitrogens is 3. The van der Waals surface area contributed by atoms with Gasteiger partial charge < -0.3 is 9.88 Å². The highest BCUT2D eigenvalue weighted by Crippen LogP contribution is 2.29. The molecule has 0 radical (unpaired) electrons. The highest BCUT2D eigenvalue weighted by atomic mass is 15.3. The van der Waals surface area contributed by atoms with E-state index in [9.17, 15) is 0 Å². The predicted molar refractivity (Wildman–Crippen MR) is 68.5 cm³/mol. The minimum Gasteiger partial charge on any atom is -0.319 e. The lowest BCUT2D eigenvalue weighted by Crippen LogP contribution is -2.38. The highest BCUT2D eigenvalue weighted by molar-refractivity contribution is 4.94. The van der Waals surface area contributed by atoms with Crippen LogP contribution in [-0.2, 0) is 7.05 Å². The minimum absolute atomic E-state index is 0.282. The van der Waals surface area contributed by atoms with E-state index in [1.165, 1.54) is 19.3 Å². The molecule has 17 heavy (non-hydrogen) atoms. The van der Waals surface area contributed by atoms with Crippen molar-refractivity contribution in [3.63, 3.8) is 0 Å². The molecule has 0 bridgehead atoms. The Hall–Kier alpha value is -0.900. The molecule has 4 heteroatoms. The number of hydrogen-bond acceptors (Lipinski definition) is 3. The van der Waals surface area contributed by atoms with E-state index in [0.29, 0.717) is 6.04 Å². The molecule has 2 rings (SSSR count). The molecule has 0 spiro atoms. The maximum atomic E-state index is 4.17. The Labute approximate surface area is 104 Å². The van der Waals surface area contributed by atoms with Crippen molar-refractivity contribution in [3.8, 4) is 0 Å². The Morgan fingerprint density at radius 3 is 2.47 bits per heavy atom. The normalized spacial score (nSPS) is 31.4. The fourth-order valence-corrected chi connectivity index (χ4v) is 3.20. The molecule has 0 aliphatic heterocycles. The zero-order chi connectivity index (χ0) is 12.4. The molecule has 1 aliphatic rings.